The van der Waals surface area contributed by atoms with Crippen LogP contribution in [0.5, 0.6) is 0 Å². The zero-order chi connectivity index (χ0) is 15.2. The van der Waals surface area contributed by atoms with Crippen LogP contribution in [-0.2, 0) is 0 Å². The largest absolute Gasteiger partial charge is 0.388 e. The molecule has 0 amide bonds. The van der Waals surface area contributed by atoms with E-state index in [1.54, 1.807) is 18.2 Å². The summed E-state index contributed by atoms with van der Waals surface area (Å²) in [4.78, 5) is 0. The molecule has 0 bridgehead atoms. The fourth-order valence-corrected chi connectivity index (χ4v) is 2.39. The van der Waals surface area contributed by atoms with E-state index < -0.39 is 6.10 Å². The number of aliphatic hydroxyl groups excluding tert-OH is 1. The quantitative estimate of drug-likeness (QED) is 0.846. The van der Waals surface area contributed by atoms with E-state index in [4.69, 9.17) is 28.9 Å². The maximum Gasteiger partial charge on any atom is 0.0802 e. The molecule has 0 spiro atoms. The highest BCUT2D eigenvalue weighted by molar-refractivity contribution is 6.36. The summed E-state index contributed by atoms with van der Waals surface area (Å²) in [5.74, 6) is 5.99. The molecule has 108 valence electrons. The first-order valence-corrected chi connectivity index (χ1v) is 7.31. The molecule has 2 nitrogen and oxygen atoms in total. The smallest absolute Gasteiger partial charge is 0.0802 e. The number of halogens is 2. The molecule has 2 aromatic carbocycles. The topological polar surface area (TPSA) is 46.2 Å². The molecule has 1 unspecified atom stereocenters. The van der Waals surface area contributed by atoms with Crippen molar-refractivity contribution >= 4 is 23.2 Å². The van der Waals surface area contributed by atoms with Crippen molar-refractivity contribution in [3.05, 3.63) is 69.2 Å². The predicted molar refractivity (Wildman–Crippen MR) is 87.5 cm³/mol. The van der Waals surface area contributed by atoms with Gasteiger partial charge in [0.2, 0.25) is 0 Å². The molecular weight excluding hydrogens is 305 g/mol. The van der Waals surface area contributed by atoms with Crippen molar-refractivity contribution in [1.29, 1.82) is 0 Å². The van der Waals surface area contributed by atoms with Gasteiger partial charge in [0, 0.05) is 5.56 Å². The molecule has 0 aliphatic rings. The summed E-state index contributed by atoms with van der Waals surface area (Å²) in [7, 11) is 0. The van der Waals surface area contributed by atoms with E-state index in [-0.39, 0.29) is 0 Å². The molecule has 0 saturated heterocycles. The molecule has 0 saturated carbocycles. The first-order chi connectivity index (χ1) is 10.1. The number of benzene rings is 2. The summed E-state index contributed by atoms with van der Waals surface area (Å²) >= 11 is 12.2. The van der Waals surface area contributed by atoms with Crippen molar-refractivity contribution < 1.29 is 5.11 Å². The Hall–Kier alpha value is -1.50. The maximum atomic E-state index is 9.95. The number of nitrogens with two attached hydrogens (primary N) is 1. The number of aliphatic hydroxyl groups is 1. The Labute approximate surface area is 134 Å². The lowest BCUT2D eigenvalue weighted by atomic mass is 10.0. The van der Waals surface area contributed by atoms with Gasteiger partial charge < -0.3 is 10.8 Å². The first-order valence-electron chi connectivity index (χ1n) is 6.56. The third kappa shape index (κ3) is 4.23. The lowest BCUT2D eigenvalue weighted by molar-refractivity contribution is 0.170. The molecule has 0 aliphatic carbocycles. The Balaban J connectivity index is 2.29. The Morgan fingerprint density at radius 3 is 2.38 bits per heavy atom. The zero-order valence-corrected chi connectivity index (χ0v) is 12.8. The van der Waals surface area contributed by atoms with Crippen molar-refractivity contribution in [3.8, 4) is 11.8 Å². The molecule has 0 fully saturated rings. The molecule has 3 N–H and O–H groups in total. The van der Waals surface area contributed by atoms with Gasteiger partial charge in [-0.1, -0.05) is 53.2 Å². The van der Waals surface area contributed by atoms with E-state index in [2.05, 4.69) is 11.8 Å². The van der Waals surface area contributed by atoms with Crippen LogP contribution in [0.3, 0.4) is 0 Å². The van der Waals surface area contributed by atoms with Gasteiger partial charge in [0.25, 0.3) is 0 Å². The second-order valence-electron chi connectivity index (χ2n) is 4.57. The lowest BCUT2D eigenvalue weighted by Gasteiger charge is -2.09. The second kappa shape index (κ2) is 7.49. The average Bonchev–Trinajstić information content (AvgIpc) is 2.47. The monoisotopic (exact) mass is 319 g/mol. The minimum atomic E-state index is -0.569. The predicted octanol–water partition coefficient (Wildman–Crippen LogP) is 3.78. The summed E-state index contributed by atoms with van der Waals surface area (Å²) in [5.41, 5.74) is 7.66. The fraction of sp³-hybridized carbons (Fsp3) is 0.176. The van der Waals surface area contributed by atoms with Crippen molar-refractivity contribution in [2.45, 2.75) is 12.5 Å². The van der Waals surface area contributed by atoms with Crippen LogP contribution in [0.4, 0.5) is 0 Å². The molecule has 0 aromatic heterocycles. The molecular formula is C17H15Cl2NO. The van der Waals surface area contributed by atoms with Gasteiger partial charge in [0.15, 0.2) is 0 Å². The molecule has 4 heteroatoms. The molecule has 2 rings (SSSR count). The second-order valence-corrected chi connectivity index (χ2v) is 5.38. The Bertz CT molecular complexity index is 668. The third-order valence-electron chi connectivity index (χ3n) is 3.01. The van der Waals surface area contributed by atoms with Crippen LogP contribution in [0.25, 0.3) is 0 Å². The van der Waals surface area contributed by atoms with Gasteiger partial charge in [-0.25, -0.2) is 0 Å². The number of hydrogen-bond acceptors (Lipinski definition) is 2. The van der Waals surface area contributed by atoms with Crippen molar-refractivity contribution in [3.63, 3.8) is 0 Å². The molecule has 0 aliphatic heterocycles. The molecule has 0 radical (unpaired) electrons. The third-order valence-corrected chi connectivity index (χ3v) is 3.64. The molecule has 21 heavy (non-hydrogen) atoms. The SMILES string of the molecule is NCCC(O)c1cccc(C#Cc2c(Cl)cccc2Cl)c1. The Morgan fingerprint density at radius 1 is 1.05 bits per heavy atom. The van der Waals surface area contributed by atoms with Gasteiger partial charge in [0.1, 0.15) is 0 Å². The van der Waals surface area contributed by atoms with E-state index in [1.807, 2.05) is 24.3 Å². The fourth-order valence-electron chi connectivity index (χ4n) is 1.90. The van der Waals surface area contributed by atoms with E-state index >= 15 is 0 Å². The van der Waals surface area contributed by atoms with Gasteiger partial charge in [-0.15, -0.1) is 0 Å². The molecule has 0 heterocycles. The Morgan fingerprint density at radius 2 is 1.71 bits per heavy atom. The molecule has 2 aromatic rings. The number of hydrogen-bond donors (Lipinski definition) is 2. The minimum absolute atomic E-state index is 0.437. The van der Waals surface area contributed by atoms with Gasteiger partial charge in [-0.05, 0) is 42.8 Å². The first kappa shape index (κ1) is 15.9. The van der Waals surface area contributed by atoms with E-state index in [0.29, 0.717) is 28.6 Å². The van der Waals surface area contributed by atoms with Crippen LogP contribution in [-0.4, -0.2) is 11.7 Å². The van der Waals surface area contributed by atoms with Crippen molar-refractivity contribution in [2.24, 2.45) is 5.73 Å². The van der Waals surface area contributed by atoms with Crippen LogP contribution < -0.4 is 5.73 Å². The minimum Gasteiger partial charge on any atom is -0.388 e. The van der Waals surface area contributed by atoms with Gasteiger partial charge in [-0.3, -0.25) is 0 Å². The van der Waals surface area contributed by atoms with Crippen LogP contribution in [0.15, 0.2) is 42.5 Å². The standard InChI is InChI=1S/C17H15Cl2NO/c18-15-5-2-6-16(19)14(15)8-7-12-3-1-4-13(11-12)17(21)9-10-20/h1-6,11,17,21H,9-10,20H2. The normalized spacial score (nSPS) is 11.6. The summed E-state index contributed by atoms with van der Waals surface area (Å²) in [5, 5.41) is 11.0. The van der Waals surface area contributed by atoms with Crippen LogP contribution >= 0.6 is 23.2 Å². The number of rotatable bonds is 3. The van der Waals surface area contributed by atoms with Crippen molar-refractivity contribution in [1.82, 2.24) is 0 Å². The summed E-state index contributed by atoms with van der Waals surface area (Å²) < 4.78 is 0. The van der Waals surface area contributed by atoms with Crippen LogP contribution in [0.2, 0.25) is 10.0 Å². The Kier molecular flexibility index (Phi) is 5.67. The highest BCUT2D eigenvalue weighted by Crippen LogP contribution is 2.23. The highest BCUT2D eigenvalue weighted by atomic mass is 35.5. The average molecular weight is 320 g/mol. The zero-order valence-electron chi connectivity index (χ0n) is 11.3. The lowest BCUT2D eigenvalue weighted by Crippen LogP contribution is -2.06. The van der Waals surface area contributed by atoms with Crippen LogP contribution in [0.1, 0.15) is 29.2 Å². The van der Waals surface area contributed by atoms with E-state index in [1.165, 1.54) is 0 Å². The van der Waals surface area contributed by atoms with Gasteiger partial charge in [0.05, 0.1) is 21.7 Å². The van der Waals surface area contributed by atoms with Gasteiger partial charge >= 0.3 is 0 Å². The maximum absolute atomic E-state index is 9.95. The molecule has 1 atom stereocenters. The van der Waals surface area contributed by atoms with Crippen molar-refractivity contribution in [2.75, 3.05) is 6.54 Å². The summed E-state index contributed by atoms with van der Waals surface area (Å²) in [6.45, 7) is 0.437. The summed E-state index contributed by atoms with van der Waals surface area (Å²) in [6, 6.07) is 12.7. The van der Waals surface area contributed by atoms with Crippen LogP contribution in [0, 0.1) is 11.8 Å². The highest BCUT2D eigenvalue weighted by Gasteiger charge is 2.06. The van der Waals surface area contributed by atoms with E-state index in [9.17, 15) is 5.11 Å². The van der Waals surface area contributed by atoms with E-state index in [0.717, 1.165) is 11.1 Å². The summed E-state index contributed by atoms with van der Waals surface area (Å²) in [6.07, 6.45) is -0.0478. The van der Waals surface area contributed by atoms with Gasteiger partial charge in [-0.2, -0.15) is 0 Å².